The number of nitrogens with zero attached hydrogens (tertiary/aromatic N) is 2. The van der Waals surface area contributed by atoms with Crippen LogP contribution in [0.3, 0.4) is 0 Å². The summed E-state index contributed by atoms with van der Waals surface area (Å²) in [5.41, 5.74) is 1.54. The number of hydrogen-bond acceptors (Lipinski definition) is 3. The van der Waals surface area contributed by atoms with Crippen LogP contribution in [0.5, 0.6) is 5.75 Å². The van der Waals surface area contributed by atoms with Crippen molar-refractivity contribution in [2.45, 2.75) is 6.61 Å². The Hall–Kier alpha value is -2.82. The lowest BCUT2D eigenvalue weighted by Gasteiger charge is -2.08. The summed E-state index contributed by atoms with van der Waals surface area (Å²) in [5.74, 6) is 0.708. The molecule has 1 aromatic heterocycles. The molecule has 0 radical (unpaired) electrons. The van der Waals surface area contributed by atoms with Crippen LogP contribution in [0.25, 0.3) is 5.69 Å². The average Bonchev–Trinajstić information content (AvgIpc) is 2.93. The predicted molar refractivity (Wildman–Crippen MR) is 75.0 cm³/mol. The van der Waals surface area contributed by atoms with Crippen LogP contribution < -0.4 is 10.4 Å². The molecule has 0 aliphatic heterocycles. The third-order valence-corrected chi connectivity index (χ3v) is 2.90. The van der Waals surface area contributed by atoms with Gasteiger partial charge in [-0.05, 0) is 17.7 Å². The van der Waals surface area contributed by atoms with E-state index in [1.807, 2.05) is 48.5 Å². The normalized spacial score (nSPS) is 10.4. The minimum atomic E-state index is -0.273. The van der Waals surface area contributed by atoms with Crippen molar-refractivity contribution in [1.82, 2.24) is 14.8 Å². The van der Waals surface area contributed by atoms with Gasteiger partial charge >= 0.3 is 5.69 Å². The fourth-order valence-electron chi connectivity index (χ4n) is 1.90. The molecule has 0 spiro atoms. The van der Waals surface area contributed by atoms with Gasteiger partial charge in [0.05, 0.1) is 5.69 Å². The number of hydrogen-bond donors (Lipinski definition) is 1. The fourth-order valence-corrected chi connectivity index (χ4v) is 1.90. The van der Waals surface area contributed by atoms with Crippen molar-refractivity contribution >= 4 is 0 Å². The molecule has 100 valence electrons. The van der Waals surface area contributed by atoms with Gasteiger partial charge in [0.1, 0.15) is 18.7 Å². The van der Waals surface area contributed by atoms with Crippen LogP contribution in [0.1, 0.15) is 5.56 Å². The molecule has 1 N–H and O–H groups in total. The van der Waals surface area contributed by atoms with Crippen molar-refractivity contribution in [2.24, 2.45) is 0 Å². The minimum Gasteiger partial charge on any atom is -0.489 e. The molecule has 5 nitrogen and oxygen atoms in total. The second kappa shape index (κ2) is 5.44. The molecule has 0 unspecified atom stereocenters. The third kappa shape index (κ3) is 2.61. The van der Waals surface area contributed by atoms with Crippen molar-refractivity contribution in [2.75, 3.05) is 0 Å². The van der Waals surface area contributed by atoms with E-state index in [2.05, 4.69) is 10.2 Å². The van der Waals surface area contributed by atoms with Gasteiger partial charge in [-0.1, -0.05) is 36.4 Å². The van der Waals surface area contributed by atoms with Gasteiger partial charge in [-0.3, -0.25) is 0 Å². The van der Waals surface area contributed by atoms with Crippen LogP contribution >= 0.6 is 0 Å². The highest BCUT2D eigenvalue weighted by atomic mass is 16.5. The van der Waals surface area contributed by atoms with E-state index in [0.29, 0.717) is 18.0 Å². The number of rotatable bonds is 4. The Morgan fingerprint density at radius 2 is 1.95 bits per heavy atom. The summed E-state index contributed by atoms with van der Waals surface area (Å²) in [4.78, 5) is 11.5. The zero-order valence-corrected chi connectivity index (χ0v) is 10.7. The quantitative estimate of drug-likeness (QED) is 0.787. The first-order chi connectivity index (χ1) is 9.83. The van der Waals surface area contributed by atoms with Crippen LogP contribution in [0, 0.1) is 0 Å². The SMILES string of the molecule is O=c1[nH]ncn1-c1cccc(OCc2ccccc2)c1. The summed E-state index contributed by atoms with van der Waals surface area (Å²) in [6, 6.07) is 17.3. The Balaban J connectivity index is 1.78. The van der Waals surface area contributed by atoms with E-state index in [9.17, 15) is 4.79 Å². The van der Waals surface area contributed by atoms with Crippen molar-refractivity contribution in [3.63, 3.8) is 0 Å². The van der Waals surface area contributed by atoms with Gasteiger partial charge in [-0.2, -0.15) is 5.10 Å². The summed E-state index contributed by atoms with van der Waals surface area (Å²) in [5, 5.41) is 6.07. The molecule has 0 bridgehead atoms. The molecular weight excluding hydrogens is 254 g/mol. The Labute approximate surface area is 115 Å². The van der Waals surface area contributed by atoms with Crippen molar-refractivity contribution in [3.05, 3.63) is 77.0 Å². The highest BCUT2D eigenvalue weighted by Gasteiger charge is 2.02. The number of nitrogens with one attached hydrogen (secondary N) is 1. The second-order valence-electron chi connectivity index (χ2n) is 4.30. The average molecular weight is 267 g/mol. The molecule has 5 heteroatoms. The number of aromatic nitrogens is 3. The monoisotopic (exact) mass is 267 g/mol. The van der Waals surface area contributed by atoms with E-state index in [-0.39, 0.29) is 5.69 Å². The molecule has 0 amide bonds. The zero-order valence-electron chi connectivity index (χ0n) is 10.7. The molecule has 1 heterocycles. The number of benzene rings is 2. The molecule has 0 atom stereocenters. The maximum Gasteiger partial charge on any atom is 0.347 e. The molecule has 0 aliphatic carbocycles. The van der Waals surface area contributed by atoms with Crippen LogP contribution in [-0.4, -0.2) is 14.8 Å². The molecular formula is C15H13N3O2. The highest BCUT2D eigenvalue weighted by molar-refractivity contribution is 5.38. The first-order valence-electron chi connectivity index (χ1n) is 6.22. The fraction of sp³-hybridized carbons (Fsp3) is 0.0667. The van der Waals surface area contributed by atoms with Gasteiger partial charge < -0.3 is 4.74 Å². The Bertz CT molecular complexity index is 747. The Kier molecular flexibility index (Phi) is 3.33. The molecule has 0 saturated carbocycles. The van der Waals surface area contributed by atoms with Crippen LogP contribution in [0.15, 0.2) is 65.7 Å². The summed E-state index contributed by atoms with van der Waals surface area (Å²) in [6.45, 7) is 0.491. The summed E-state index contributed by atoms with van der Waals surface area (Å²) >= 11 is 0. The molecule has 0 aliphatic rings. The van der Waals surface area contributed by atoms with Gasteiger partial charge in [0.2, 0.25) is 0 Å². The zero-order chi connectivity index (χ0) is 13.8. The molecule has 0 saturated heterocycles. The Morgan fingerprint density at radius 3 is 2.70 bits per heavy atom. The van der Waals surface area contributed by atoms with Gasteiger partial charge in [-0.15, -0.1) is 0 Å². The van der Waals surface area contributed by atoms with E-state index >= 15 is 0 Å². The first kappa shape index (κ1) is 12.2. The maximum absolute atomic E-state index is 11.5. The molecule has 20 heavy (non-hydrogen) atoms. The first-order valence-corrected chi connectivity index (χ1v) is 6.22. The van der Waals surface area contributed by atoms with Crippen molar-refractivity contribution in [1.29, 1.82) is 0 Å². The summed E-state index contributed by atoms with van der Waals surface area (Å²) in [7, 11) is 0. The van der Waals surface area contributed by atoms with Gasteiger partial charge in [0, 0.05) is 6.07 Å². The smallest absolute Gasteiger partial charge is 0.347 e. The van der Waals surface area contributed by atoms with E-state index in [4.69, 9.17) is 4.74 Å². The van der Waals surface area contributed by atoms with E-state index in [1.54, 1.807) is 6.07 Å². The molecule has 0 fully saturated rings. The largest absolute Gasteiger partial charge is 0.489 e. The van der Waals surface area contributed by atoms with E-state index in [0.717, 1.165) is 5.56 Å². The molecule has 2 aromatic carbocycles. The van der Waals surface area contributed by atoms with Crippen molar-refractivity contribution < 1.29 is 4.74 Å². The van der Waals surface area contributed by atoms with Crippen LogP contribution in [-0.2, 0) is 6.61 Å². The standard InChI is InChI=1S/C15H13N3O2/c19-15-17-16-11-18(15)13-7-4-8-14(9-13)20-10-12-5-2-1-3-6-12/h1-9,11H,10H2,(H,17,19). The summed E-state index contributed by atoms with van der Waals surface area (Å²) < 4.78 is 7.15. The van der Waals surface area contributed by atoms with E-state index in [1.165, 1.54) is 10.9 Å². The van der Waals surface area contributed by atoms with Gasteiger partial charge in [0.25, 0.3) is 0 Å². The highest BCUT2D eigenvalue weighted by Crippen LogP contribution is 2.16. The summed E-state index contributed by atoms with van der Waals surface area (Å²) in [6.07, 6.45) is 1.44. The topological polar surface area (TPSA) is 59.9 Å². The van der Waals surface area contributed by atoms with Crippen LogP contribution in [0.2, 0.25) is 0 Å². The predicted octanol–water partition coefficient (Wildman–Crippen LogP) is 2.14. The van der Waals surface area contributed by atoms with Crippen LogP contribution in [0.4, 0.5) is 0 Å². The third-order valence-electron chi connectivity index (χ3n) is 2.90. The lowest BCUT2D eigenvalue weighted by Crippen LogP contribution is -2.14. The van der Waals surface area contributed by atoms with E-state index < -0.39 is 0 Å². The number of ether oxygens (including phenoxy) is 1. The van der Waals surface area contributed by atoms with Gasteiger partial charge in [-0.25, -0.2) is 14.5 Å². The number of H-pyrrole nitrogens is 1. The Morgan fingerprint density at radius 1 is 1.10 bits per heavy atom. The van der Waals surface area contributed by atoms with Gasteiger partial charge in [0.15, 0.2) is 0 Å². The lowest BCUT2D eigenvalue weighted by atomic mass is 10.2. The lowest BCUT2D eigenvalue weighted by molar-refractivity contribution is 0.306. The number of aromatic amines is 1. The second-order valence-corrected chi connectivity index (χ2v) is 4.30. The minimum absolute atomic E-state index is 0.273. The van der Waals surface area contributed by atoms with Crippen molar-refractivity contribution in [3.8, 4) is 11.4 Å². The molecule has 3 aromatic rings. The molecule has 3 rings (SSSR count). The maximum atomic E-state index is 11.5.